The molecule has 2 aromatic rings. The predicted molar refractivity (Wildman–Crippen MR) is 109 cm³/mol. The van der Waals surface area contributed by atoms with E-state index in [4.69, 9.17) is 5.73 Å². The van der Waals surface area contributed by atoms with Gasteiger partial charge in [0.2, 0.25) is 5.91 Å². The molecule has 144 valence electrons. The highest BCUT2D eigenvalue weighted by atomic mass is 35.5. The van der Waals surface area contributed by atoms with Crippen LogP contribution in [0.15, 0.2) is 29.6 Å². The number of amides is 1. The largest absolute Gasteiger partial charge is 0.338 e. The van der Waals surface area contributed by atoms with Gasteiger partial charge in [-0.1, -0.05) is 12.1 Å². The number of hydrogen-bond donors (Lipinski definition) is 1. The summed E-state index contributed by atoms with van der Waals surface area (Å²) >= 11 is 1.43. The third kappa shape index (κ3) is 5.39. The van der Waals surface area contributed by atoms with Crippen LogP contribution in [0.2, 0.25) is 0 Å². The van der Waals surface area contributed by atoms with Gasteiger partial charge in [0.25, 0.3) is 0 Å². The van der Waals surface area contributed by atoms with E-state index in [-0.39, 0.29) is 55.0 Å². The SMILES string of the molecule is CC(N)C1CCCCN1C(=O)Cc1csc(-c2cccc(F)c2)n1.Cl.Cl. The summed E-state index contributed by atoms with van der Waals surface area (Å²) < 4.78 is 13.3. The van der Waals surface area contributed by atoms with Crippen LogP contribution >= 0.6 is 36.2 Å². The fraction of sp³-hybridized carbons (Fsp3) is 0.444. The maximum Gasteiger partial charge on any atom is 0.228 e. The van der Waals surface area contributed by atoms with Gasteiger partial charge in [-0.15, -0.1) is 36.2 Å². The first-order chi connectivity index (χ1) is 11.5. The van der Waals surface area contributed by atoms with Crippen molar-refractivity contribution in [2.75, 3.05) is 6.54 Å². The molecule has 26 heavy (non-hydrogen) atoms. The summed E-state index contributed by atoms with van der Waals surface area (Å²) in [6.07, 6.45) is 3.39. The van der Waals surface area contributed by atoms with E-state index in [2.05, 4.69) is 4.98 Å². The number of nitrogens with two attached hydrogens (primary N) is 1. The third-order valence-electron chi connectivity index (χ3n) is 4.43. The molecule has 1 aromatic heterocycles. The van der Waals surface area contributed by atoms with Gasteiger partial charge in [-0.2, -0.15) is 0 Å². The molecule has 1 aliphatic heterocycles. The second-order valence-electron chi connectivity index (χ2n) is 6.34. The minimum atomic E-state index is -0.284. The Labute approximate surface area is 169 Å². The summed E-state index contributed by atoms with van der Waals surface area (Å²) in [5, 5.41) is 2.61. The summed E-state index contributed by atoms with van der Waals surface area (Å²) in [6.45, 7) is 2.73. The van der Waals surface area contributed by atoms with Gasteiger partial charge in [0.05, 0.1) is 12.1 Å². The topological polar surface area (TPSA) is 59.2 Å². The van der Waals surface area contributed by atoms with Crippen LogP contribution < -0.4 is 5.73 Å². The highest BCUT2D eigenvalue weighted by molar-refractivity contribution is 7.13. The molecule has 0 spiro atoms. The Morgan fingerprint density at radius 2 is 2.19 bits per heavy atom. The third-order valence-corrected chi connectivity index (χ3v) is 5.37. The van der Waals surface area contributed by atoms with E-state index in [1.54, 1.807) is 6.07 Å². The quantitative estimate of drug-likeness (QED) is 0.812. The number of thiazole rings is 1. The maximum absolute atomic E-state index is 13.3. The van der Waals surface area contributed by atoms with E-state index in [0.717, 1.165) is 42.1 Å². The van der Waals surface area contributed by atoms with Crippen molar-refractivity contribution in [2.24, 2.45) is 5.73 Å². The highest BCUT2D eigenvalue weighted by Gasteiger charge is 2.29. The molecule has 1 saturated heterocycles. The first-order valence-corrected chi connectivity index (χ1v) is 9.18. The van der Waals surface area contributed by atoms with Gasteiger partial charge in [0, 0.05) is 29.6 Å². The Morgan fingerprint density at radius 1 is 1.42 bits per heavy atom. The lowest BCUT2D eigenvalue weighted by molar-refractivity contribution is -0.134. The van der Waals surface area contributed by atoms with Gasteiger partial charge in [-0.3, -0.25) is 4.79 Å². The van der Waals surface area contributed by atoms with Crippen LogP contribution in [0.25, 0.3) is 10.6 Å². The van der Waals surface area contributed by atoms with Crippen molar-refractivity contribution in [1.82, 2.24) is 9.88 Å². The number of likely N-dealkylation sites (tertiary alicyclic amines) is 1. The number of benzene rings is 1. The summed E-state index contributed by atoms with van der Waals surface area (Å²) in [5.74, 6) is -0.207. The van der Waals surface area contributed by atoms with Gasteiger partial charge in [-0.25, -0.2) is 9.37 Å². The monoisotopic (exact) mass is 419 g/mol. The molecule has 1 aromatic carbocycles. The minimum Gasteiger partial charge on any atom is -0.338 e. The number of hydrogen-bond acceptors (Lipinski definition) is 4. The summed E-state index contributed by atoms with van der Waals surface area (Å²) in [7, 11) is 0. The molecule has 4 nitrogen and oxygen atoms in total. The molecule has 2 unspecified atom stereocenters. The Bertz CT molecular complexity index is 726. The number of aromatic nitrogens is 1. The predicted octanol–water partition coefficient (Wildman–Crippen LogP) is 4.06. The number of halogens is 3. The van der Waals surface area contributed by atoms with E-state index in [1.807, 2.05) is 23.3 Å². The summed E-state index contributed by atoms with van der Waals surface area (Å²) in [6, 6.07) is 6.45. The number of nitrogens with zero attached hydrogens (tertiary/aromatic N) is 2. The van der Waals surface area contributed by atoms with E-state index in [0.29, 0.717) is 0 Å². The number of carbonyl (C=O) groups is 1. The fourth-order valence-electron chi connectivity index (χ4n) is 3.21. The zero-order chi connectivity index (χ0) is 17.1. The van der Waals surface area contributed by atoms with Crippen LogP contribution in [-0.2, 0) is 11.2 Å². The van der Waals surface area contributed by atoms with Crippen molar-refractivity contribution in [2.45, 2.75) is 44.7 Å². The molecule has 0 bridgehead atoms. The first kappa shape index (κ1) is 22.8. The Kier molecular flexibility index (Phi) is 8.96. The standard InChI is InChI=1S/C18H22FN3OS.2ClH/c1-12(20)16-7-2-3-8-22(16)17(23)10-15-11-24-18(21-15)13-5-4-6-14(19)9-13;;/h4-6,9,11-12,16H,2-3,7-8,10,20H2,1H3;2*1H. The van der Waals surface area contributed by atoms with Crippen LogP contribution in [0.1, 0.15) is 31.9 Å². The molecule has 2 N–H and O–H groups in total. The Morgan fingerprint density at radius 3 is 2.88 bits per heavy atom. The van der Waals surface area contributed by atoms with Crippen molar-refractivity contribution in [1.29, 1.82) is 0 Å². The van der Waals surface area contributed by atoms with Gasteiger partial charge in [0.15, 0.2) is 0 Å². The fourth-order valence-corrected chi connectivity index (χ4v) is 4.03. The first-order valence-electron chi connectivity index (χ1n) is 8.30. The van der Waals surface area contributed by atoms with Crippen molar-refractivity contribution in [3.05, 3.63) is 41.2 Å². The molecule has 0 saturated carbocycles. The lowest BCUT2D eigenvalue weighted by Crippen LogP contribution is -2.52. The molecule has 3 rings (SSSR count). The zero-order valence-corrected chi connectivity index (χ0v) is 17.0. The van der Waals surface area contributed by atoms with Crippen molar-refractivity contribution < 1.29 is 9.18 Å². The summed E-state index contributed by atoms with van der Waals surface area (Å²) in [4.78, 5) is 19.1. The Hall–Kier alpha value is -1.21. The van der Waals surface area contributed by atoms with Gasteiger partial charge < -0.3 is 10.6 Å². The molecule has 0 radical (unpaired) electrons. The van der Waals surface area contributed by atoms with Crippen LogP contribution in [0, 0.1) is 5.82 Å². The lowest BCUT2D eigenvalue weighted by atomic mass is 9.96. The highest BCUT2D eigenvalue weighted by Crippen LogP contribution is 2.25. The molecule has 1 fully saturated rings. The number of rotatable bonds is 4. The van der Waals surface area contributed by atoms with Gasteiger partial charge in [0.1, 0.15) is 10.8 Å². The van der Waals surface area contributed by atoms with Gasteiger partial charge in [-0.05, 0) is 38.3 Å². The van der Waals surface area contributed by atoms with E-state index < -0.39 is 0 Å². The second kappa shape index (κ2) is 10.2. The van der Waals surface area contributed by atoms with Crippen LogP contribution in [0.4, 0.5) is 4.39 Å². The molecular formula is C18H24Cl2FN3OS. The zero-order valence-electron chi connectivity index (χ0n) is 14.6. The minimum absolute atomic E-state index is 0. The van der Waals surface area contributed by atoms with Crippen molar-refractivity contribution >= 4 is 42.1 Å². The van der Waals surface area contributed by atoms with E-state index in [9.17, 15) is 9.18 Å². The van der Waals surface area contributed by atoms with Gasteiger partial charge >= 0.3 is 0 Å². The molecule has 2 heterocycles. The summed E-state index contributed by atoms with van der Waals surface area (Å²) in [5.41, 5.74) is 7.52. The molecule has 1 aliphatic rings. The Balaban J connectivity index is 0.00000169. The average Bonchev–Trinajstić information content (AvgIpc) is 3.03. The lowest BCUT2D eigenvalue weighted by Gasteiger charge is -2.38. The average molecular weight is 420 g/mol. The molecule has 8 heteroatoms. The van der Waals surface area contributed by atoms with Crippen LogP contribution in [0.3, 0.4) is 0 Å². The van der Waals surface area contributed by atoms with E-state index in [1.165, 1.54) is 23.5 Å². The smallest absolute Gasteiger partial charge is 0.228 e. The molecule has 0 aliphatic carbocycles. The van der Waals surface area contributed by atoms with E-state index >= 15 is 0 Å². The maximum atomic E-state index is 13.3. The normalized spacial score (nSPS) is 17.8. The second-order valence-corrected chi connectivity index (χ2v) is 7.20. The molecule has 1 amide bonds. The number of carbonyl (C=O) groups excluding carboxylic acids is 1. The molecular weight excluding hydrogens is 396 g/mol. The van der Waals surface area contributed by atoms with Crippen molar-refractivity contribution in [3.8, 4) is 10.6 Å². The van der Waals surface area contributed by atoms with Crippen LogP contribution in [-0.4, -0.2) is 34.4 Å². The van der Waals surface area contributed by atoms with Crippen LogP contribution in [0.5, 0.6) is 0 Å². The molecule has 2 atom stereocenters. The number of piperidine rings is 1. The van der Waals surface area contributed by atoms with Crippen molar-refractivity contribution in [3.63, 3.8) is 0 Å².